The van der Waals surface area contributed by atoms with Crippen LogP contribution in [-0.4, -0.2) is 21.8 Å². The van der Waals surface area contributed by atoms with Gasteiger partial charge in [-0.05, 0) is 0 Å². The van der Waals surface area contributed by atoms with E-state index < -0.39 is 21.8 Å². The Hall–Kier alpha value is -2.83. The van der Waals surface area contributed by atoms with Gasteiger partial charge in [0.25, 0.3) is 0 Å². The van der Waals surface area contributed by atoms with Crippen LogP contribution in [0.1, 0.15) is 93.7 Å². The van der Waals surface area contributed by atoms with Crippen LogP contribution in [0.5, 0.6) is 0 Å². The van der Waals surface area contributed by atoms with E-state index in [0.717, 1.165) is 0 Å². The second-order valence-electron chi connectivity index (χ2n) is 14.0. The number of aromatic nitrogens is 1. The van der Waals surface area contributed by atoms with Crippen molar-refractivity contribution in [2.75, 3.05) is 0 Å². The van der Waals surface area contributed by atoms with Crippen molar-refractivity contribution in [2.45, 2.75) is 86.5 Å². The number of pyridine rings is 1. The second kappa shape index (κ2) is 12.3. The number of fused-ring (bicyclic) bond motifs is 1. The van der Waals surface area contributed by atoms with Gasteiger partial charge < -0.3 is 0 Å². The first-order valence-corrected chi connectivity index (χ1v) is 21.0. The van der Waals surface area contributed by atoms with E-state index in [-0.39, 0.29) is 5.41 Å². The number of hydrogen-bond acceptors (Lipinski definition) is 0. The topological polar surface area (TPSA) is 3.88 Å². The van der Waals surface area contributed by atoms with Crippen molar-refractivity contribution in [1.29, 1.82) is 0 Å². The number of rotatable bonds is 6. The molecule has 0 fully saturated rings. The molecule has 0 aliphatic rings. The van der Waals surface area contributed by atoms with Gasteiger partial charge >= 0.3 is 270 Å². The molecule has 5 aromatic rings. The van der Waals surface area contributed by atoms with Gasteiger partial charge in [-0.25, -0.2) is 0 Å². The van der Waals surface area contributed by atoms with Gasteiger partial charge in [0.15, 0.2) is 0 Å². The minimum atomic E-state index is -2.76. The Bertz CT molecular complexity index is 1740. The van der Waals surface area contributed by atoms with E-state index in [1.807, 2.05) is 0 Å². The zero-order valence-corrected chi connectivity index (χ0v) is 31.6. The molecule has 0 bridgehead atoms. The fraction of sp³-hybridized carbons (Fsp3) is 0.341. The van der Waals surface area contributed by atoms with Crippen LogP contribution < -0.4 is 14.4 Å². The number of benzene rings is 4. The van der Waals surface area contributed by atoms with Gasteiger partial charge in [0.05, 0.1) is 0 Å². The van der Waals surface area contributed by atoms with E-state index in [1.54, 1.807) is 9.81 Å². The molecule has 43 heavy (non-hydrogen) atoms. The third-order valence-corrected chi connectivity index (χ3v) is 18.9. The summed E-state index contributed by atoms with van der Waals surface area (Å²) in [6.07, 6.45) is 2.32. The van der Waals surface area contributed by atoms with E-state index in [0.29, 0.717) is 11.8 Å². The third kappa shape index (κ3) is 6.24. The maximum absolute atomic E-state index is 2.76. The van der Waals surface area contributed by atoms with Gasteiger partial charge in [0.1, 0.15) is 0 Å². The summed E-state index contributed by atoms with van der Waals surface area (Å²) in [6, 6.07) is 31.0. The monoisotopic (exact) mass is 764 g/mol. The average molecular weight is 765 g/mol. The first-order valence-electron chi connectivity index (χ1n) is 15.8. The van der Waals surface area contributed by atoms with Gasteiger partial charge in [-0.3, -0.25) is 0 Å². The van der Waals surface area contributed by atoms with Crippen LogP contribution >= 0.6 is 0 Å². The Balaban J connectivity index is 1.84. The molecule has 222 valence electrons. The minimum absolute atomic E-state index is 0.0434. The summed E-state index contributed by atoms with van der Waals surface area (Å²) in [5.74, 6) is 0.966. The van der Waals surface area contributed by atoms with Gasteiger partial charge in [-0.1, -0.05) is 0 Å². The predicted octanol–water partition coefficient (Wildman–Crippen LogP) is 8.32. The molecule has 0 amide bonds. The molecule has 1 heterocycles. The number of aryl methyl sites for hydroxylation is 4. The quantitative estimate of drug-likeness (QED) is 0.121. The molecule has 4 aromatic carbocycles. The van der Waals surface area contributed by atoms with Gasteiger partial charge in [0, 0.05) is 0 Å². The molecule has 0 saturated heterocycles. The van der Waals surface area contributed by atoms with E-state index in [2.05, 4.69) is 166 Å². The Morgan fingerprint density at radius 3 is 1.70 bits per heavy atom. The molecular formula is C41H49BiN+. The Morgan fingerprint density at radius 2 is 1.19 bits per heavy atom. The molecule has 2 heteroatoms. The number of hydrogen-bond donors (Lipinski definition) is 0. The fourth-order valence-corrected chi connectivity index (χ4v) is 17.7. The maximum atomic E-state index is 2.56. The van der Waals surface area contributed by atoms with Crippen LogP contribution in [0.3, 0.4) is 0 Å². The molecule has 0 aliphatic carbocycles. The van der Waals surface area contributed by atoms with Crippen LogP contribution in [0, 0.1) is 20.8 Å². The van der Waals surface area contributed by atoms with Gasteiger partial charge in [-0.15, -0.1) is 0 Å². The van der Waals surface area contributed by atoms with Crippen molar-refractivity contribution in [3.05, 3.63) is 118 Å². The average Bonchev–Trinajstić information content (AvgIpc) is 2.95. The van der Waals surface area contributed by atoms with Gasteiger partial charge in [0.2, 0.25) is 0 Å². The molecule has 1 aromatic heterocycles. The molecule has 0 unspecified atom stereocenters. The molecule has 0 aliphatic heterocycles. The normalized spacial score (nSPS) is 12.2. The summed E-state index contributed by atoms with van der Waals surface area (Å²) in [5, 5.41) is 2.73. The van der Waals surface area contributed by atoms with Gasteiger partial charge in [-0.2, -0.15) is 0 Å². The molecule has 0 atom stereocenters. The van der Waals surface area contributed by atoms with E-state index >= 15 is 0 Å². The Morgan fingerprint density at radius 1 is 0.651 bits per heavy atom. The molecule has 0 saturated carbocycles. The van der Waals surface area contributed by atoms with Crippen molar-refractivity contribution >= 4 is 42.3 Å². The third-order valence-electron chi connectivity index (χ3n) is 8.88. The summed E-state index contributed by atoms with van der Waals surface area (Å²) in [7, 11) is 2.21. The summed E-state index contributed by atoms with van der Waals surface area (Å²) >= 11 is -2.76. The van der Waals surface area contributed by atoms with E-state index in [9.17, 15) is 0 Å². The first kappa shape index (κ1) is 31.6. The first-order chi connectivity index (χ1) is 20.3. The van der Waals surface area contributed by atoms with Crippen LogP contribution in [0.2, 0.25) is 0 Å². The predicted molar refractivity (Wildman–Crippen MR) is 189 cm³/mol. The van der Waals surface area contributed by atoms with Crippen molar-refractivity contribution in [1.82, 2.24) is 0 Å². The van der Waals surface area contributed by atoms with Crippen molar-refractivity contribution in [3.63, 3.8) is 0 Å². The standard InChI is InChI=1S/C21H23N.2C10H13.Bi/c1-15-16-10-6-7-11-17(16)19(21(2,3)4)14-18(15)20-12-8-9-13-22(20)5;2*1-8(2)10-6-4-5-9(3)7-10;/h6-7,9-14H,1-5H3;2*4-5,7-8H,1-3H3;/q+1;;;. The van der Waals surface area contributed by atoms with Crippen molar-refractivity contribution in [3.8, 4) is 11.3 Å². The van der Waals surface area contributed by atoms with E-state index in [4.69, 9.17) is 0 Å². The Labute approximate surface area is 268 Å². The van der Waals surface area contributed by atoms with E-state index in [1.165, 1.54) is 55.4 Å². The summed E-state index contributed by atoms with van der Waals surface area (Å²) in [6.45, 7) is 23.3. The SMILES string of the molecule is Cc1cc[c]([Bi]([c]2cc[n+](C)c(-c3cc(C(C)(C)C)c4ccccc4c3C)c2)[c]2ccc(C)cc2C(C)C)c(C(C)C)c1. The summed E-state index contributed by atoms with van der Waals surface area (Å²) in [5.41, 5.74) is 11.2. The zero-order chi connectivity index (χ0) is 31.2. The zero-order valence-electron chi connectivity index (χ0n) is 28.1. The fourth-order valence-electron chi connectivity index (χ4n) is 6.46. The summed E-state index contributed by atoms with van der Waals surface area (Å²) < 4.78 is 7.12. The molecule has 0 spiro atoms. The molecular weight excluding hydrogens is 715 g/mol. The number of nitrogens with zero attached hydrogens (tertiary/aromatic N) is 1. The van der Waals surface area contributed by atoms with Crippen LogP contribution in [-0.2, 0) is 12.5 Å². The summed E-state index contributed by atoms with van der Waals surface area (Å²) in [4.78, 5) is 0. The van der Waals surface area contributed by atoms with Crippen LogP contribution in [0.15, 0.2) is 85.1 Å². The van der Waals surface area contributed by atoms with Crippen molar-refractivity contribution in [2.24, 2.45) is 7.05 Å². The molecule has 0 N–H and O–H groups in total. The molecule has 0 radical (unpaired) electrons. The van der Waals surface area contributed by atoms with Crippen molar-refractivity contribution < 1.29 is 4.57 Å². The molecule has 5 rings (SSSR count). The Kier molecular flexibility index (Phi) is 9.02. The second-order valence-corrected chi connectivity index (χ2v) is 22.4. The molecule has 1 nitrogen and oxygen atoms in total. The van der Waals surface area contributed by atoms with Crippen LogP contribution in [0.4, 0.5) is 0 Å². The van der Waals surface area contributed by atoms with Crippen LogP contribution in [0.25, 0.3) is 22.0 Å².